The summed E-state index contributed by atoms with van der Waals surface area (Å²) in [6.45, 7) is 5.65. The molecular weight excluding hydrogens is 552 g/mol. The van der Waals surface area contributed by atoms with Gasteiger partial charge in [-0.2, -0.15) is 0 Å². The molecule has 1 aromatic carbocycles. The number of allylic oxidation sites excluding steroid dienone is 1. The third-order valence-electron chi connectivity index (χ3n) is 8.10. The summed E-state index contributed by atoms with van der Waals surface area (Å²) < 4.78 is 11.1. The number of carbonyl (C=O) groups excluding carboxylic acids is 5. The van der Waals surface area contributed by atoms with Crippen molar-refractivity contribution in [1.82, 2.24) is 20.9 Å². The minimum atomic E-state index is -1.21. The molecule has 2 heterocycles. The smallest absolute Gasteiger partial charge is 0.408 e. The second kappa shape index (κ2) is 13.6. The van der Waals surface area contributed by atoms with Crippen LogP contribution in [0.2, 0.25) is 0 Å². The van der Waals surface area contributed by atoms with Crippen LogP contribution in [0, 0.1) is 5.92 Å². The standard InChI is InChI=1S/C32H44N4O7/c1-31(2,3)43-30(41)34-24-12-9-7-5-6-8-11-23-19-32(23,35-27(38)25-13-10-18-36(25)28(24)39)29(40)42-20-21-14-16-22(17-15-21)26(37)33-4/h8,11,14-17,23-25H,5-7,9-10,12-13,18-20H2,1-4H3,(H,33,37)(H,34,41)(H,35,38)/b11-8-/t23?,24-,25-,32+/m0/s1. The van der Waals surface area contributed by atoms with Crippen molar-refractivity contribution in [1.29, 1.82) is 0 Å². The van der Waals surface area contributed by atoms with Gasteiger partial charge in [0.05, 0.1) is 0 Å². The van der Waals surface area contributed by atoms with Crippen LogP contribution in [-0.2, 0) is 30.5 Å². The highest BCUT2D eigenvalue weighted by Crippen LogP contribution is 2.46. The zero-order valence-electron chi connectivity index (χ0n) is 25.6. The van der Waals surface area contributed by atoms with E-state index in [1.165, 1.54) is 4.90 Å². The van der Waals surface area contributed by atoms with Crippen molar-refractivity contribution in [2.24, 2.45) is 5.92 Å². The second-order valence-corrected chi connectivity index (χ2v) is 12.6. The Hall–Kier alpha value is -3.89. The van der Waals surface area contributed by atoms with E-state index < -0.39 is 41.2 Å². The van der Waals surface area contributed by atoms with Gasteiger partial charge in [0.1, 0.15) is 29.8 Å². The Morgan fingerprint density at radius 1 is 1.05 bits per heavy atom. The third-order valence-corrected chi connectivity index (χ3v) is 8.10. The van der Waals surface area contributed by atoms with Gasteiger partial charge in [-0.05, 0) is 77.0 Å². The largest absolute Gasteiger partial charge is 0.459 e. The fourth-order valence-corrected chi connectivity index (χ4v) is 5.69. The number of alkyl carbamates (subject to hydrolysis) is 1. The lowest BCUT2D eigenvalue weighted by molar-refractivity contribution is -0.151. The second-order valence-electron chi connectivity index (χ2n) is 12.6. The number of hydrogen-bond acceptors (Lipinski definition) is 7. The van der Waals surface area contributed by atoms with E-state index in [1.807, 2.05) is 12.2 Å². The molecule has 4 rings (SSSR count). The Bertz CT molecular complexity index is 1240. The van der Waals surface area contributed by atoms with Gasteiger partial charge in [0, 0.05) is 25.1 Å². The van der Waals surface area contributed by atoms with Gasteiger partial charge in [-0.3, -0.25) is 14.4 Å². The number of nitrogens with zero attached hydrogens (tertiary/aromatic N) is 1. The average molecular weight is 597 g/mol. The van der Waals surface area contributed by atoms with Crippen LogP contribution in [0.3, 0.4) is 0 Å². The highest BCUT2D eigenvalue weighted by atomic mass is 16.6. The van der Waals surface area contributed by atoms with E-state index >= 15 is 0 Å². The molecule has 11 heteroatoms. The van der Waals surface area contributed by atoms with Gasteiger partial charge in [-0.25, -0.2) is 9.59 Å². The van der Waals surface area contributed by atoms with Gasteiger partial charge >= 0.3 is 12.1 Å². The molecule has 0 aromatic heterocycles. The van der Waals surface area contributed by atoms with Crippen molar-refractivity contribution in [3.8, 4) is 0 Å². The number of ether oxygens (including phenoxy) is 2. The van der Waals surface area contributed by atoms with Crippen LogP contribution in [0.25, 0.3) is 0 Å². The van der Waals surface area contributed by atoms with Crippen LogP contribution >= 0.6 is 0 Å². The van der Waals surface area contributed by atoms with Crippen LogP contribution in [0.5, 0.6) is 0 Å². The summed E-state index contributed by atoms with van der Waals surface area (Å²) in [5, 5.41) is 8.26. The predicted molar refractivity (Wildman–Crippen MR) is 159 cm³/mol. The number of fused-ring (bicyclic) bond motifs is 2. The maximum atomic E-state index is 13.7. The lowest BCUT2D eigenvalue weighted by Gasteiger charge is -2.30. The Kier molecular flexibility index (Phi) is 10.1. The molecular formula is C32H44N4O7. The zero-order valence-corrected chi connectivity index (χ0v) is 25.6. The Labute approximate surface area is 253 Å². The molecule has 43 heavy (non-hydrogen) atoms. The maximum absolute atomic E-state index is 13.7. The lowest BCUT2D eigenvalue weighted by atomic mass is 10.0. The van der Waals surface area contributed by atoms with Crippen LogP contribution < -0.4 is 16.0 Å². The lowest BCUT2D eigenvalue weighted by Crippen LogP contribution is -2.56. The predicted octanol–water partition coefficient (Wildman–Crippen LogP) is 3.37. The first-order chi connectivity index (χ1) is 20.4. The first-order valence-electron chi connectivity index (χ1n) is 15.2. The fourth-order valence-electron chi connectivity index (χ4n) is 5.69. The summed E-state index contributed by atoms with van der Waals surface area (Å²) in [5.41, 5.74) is -0.711. The van der Waals surface area contributed by atoms with Gasteiger partial charge in [-0.15, -0.1) is 0 Å². The van der Waals surface area contributed by atoms with E-state index in [0.29, 0.717) is 43.4 Å². The molecule has 0 bridgehead atoms. The summed E-state index contributed by atoms with van der Waals surface area (Å²) in [6, 6.07) is 5.19. The summed E-state index contributed by atoms with van der Waals surface area (Å²) >= 11 is 0. The molecule has 11 nitrogen and oxygen atoms in total. The molecule has 2 fully saturated rings. The Morgan fingerprint density at radius 2 is 1.79 bits per heavy atom. The third kappa shape index (κ3) is 8.14. The minimum Gasteiger partial charge on any atom is -0.459 e. The first kappa shape index (κ1) is 32.0. The van der Waals surface area contributed by atoms with Crippen molar-refractivity contribution in [3.63, 3.8) is 0 Å². The van der Waals surface area contributed by atoms with E-state index in [4.69, 9.17) is 9.47 Å². The first-order valence-corrected chi connectivity index (χ1v) is 15.2. The van der Waals surface area contributed by atoms with Crippen LogP contribution in [0.1, 0.15) is 88.1 Å². The molecule has 234 valence electrons. The van der Waals surface area contributed by atoms with Crippen LogP contribution in [-0.4, -0.2) is 71.5 Å². The molecule has 0 spiro atoms. The summed E-state index contributed by atoms with van der Waals surface area (Å²) in [6.07, 6.45) is 8.56. The fraction of sp³-hybridized carbons (Fsp3) is 0.594. The highest BCUT2D eigenvalue weighted by Gasteiger charge is 2.62. The van der Waals surface area contributed by atoms with E-state index in [-0.39, 0.29) is 24.3 Å². The number of carbonyl (C=O) groups is 5. The molecule has 3 N–H and O–H groups in total. The van der Waals surface area contributed by atoms with E-state index in [0.717, 1.165) is 25.7 Å². The summed E-state index contributed by atoms with van der Waals surface area (Å²) in [7, 11) is 1.56. The molecule has 1 aliphatic carbocycles. The van der Waals surface area contributed by atoms with Crippen LogP contribution in [0.15, 0.2) is 36.4 Å². The molecule has 0 radical (unpaired) electrons. The van der Waals surface area contributed by atoms with Crippen molar-refractivity contribution in [3.05, 3.63) is 47.5 Å². The molecule has 2 aliphatic heterocycles. The average Bonchev–Trinajstić information content (AvgIpc) is 3.42. The number of amides is 4. The number of hydrogen-bond donors (Lipinski definition) is 3. The van der Waals surface area contributed by atoms with Gasteiger partial charge in [-0.1, -0.05) is 37.1 Å². The molecule has 1 saturated heterocycles. The van der Waals surface area contributed by atoms with Gasteiger partial charge in [0.15, 0.2) is 0 Å². The van der Waals surface area contributed by atoms with Gasteiger partial charge < -0.3 is 30.3 Å². The maximum Gasteiger partial charge on any atom is 0.408 e. The quantitative estimate of drug-likeness (QED) is 0.349. The monoisotopic (exact) mass is 596 g/mol. The highest BCUT2D eigenvalue weighted by molar-refractivity contribution is 5.96. The number of rotatable bonds is 5. The molecule has 1 unspecified atom stereocenters. The normalized spacial score (nSPS) is 26.9. The number of benzene rings is 1. The van der Waals surface area contributed by atoms with Crippen molar-refractivity contribution >= 4 is 29.8 Å². The molecule has 4 amide bonds. The van der Waals surface area contributed by atoms with Crippen molar-refractivity contribution in [2.45, 2.75) is 102 Å². The SMILES string of the molecule is CNC(=O)c1ccc(COC(=O)[C@@]23CC2/C=C\CCCCC[C@H](NC(=O)OC(C)(C)C)C(=O)N2CCC[C@H]2C(=O)N3)cc1. The number of esters is 1. The number of nitrogens with one attached hydrogen (secondary N) is 3. The van der Waals surface area contributed by atoms with Crippen LogP contribution in [0.4, 0.5) is 4.79 Å². The van der Waals surface area contributed by atoms with E-state index in [1.54, 1.807) is 52.1 Å². The van der Waals surface area contributed by atoms with E-state index in [9.17, 15) is 24.0 Å². The van der Waals surface area contributed by atoms with Gasteiger partial charge in [0.2, 0.25) is 11.8 Å². The Balaban J connectivity index is 1.48. The minimum absolute atomic E-state index is 0.00698. The van der Waals surface area contributed by atoms with Crippen molar-refractivity contribution < 1.29 is 33.4 Å². The zero-order chi connectivity index (χ0) is 31.2. The molecule has 4 atom stereocenters. The van der Waals surface area contributed by atoms with Crippen molar-refractivity contribution in [2.75, 3.05) is 13.6 Å². The van der Waals surface area contributed by atoms with E-state index in [2.05, 4.69) is 16.0 Å². The van der Waals surface area contributed by atoms with Gasteiger partial charge in [0.25, 0.3) is 5.91 Å². The summed E-state index contributed by atoms with van der Waals surface area (Å²) in [4.78, 5) is 66.8. The summed E-state index contributed by atoms with van der Waals surface area (Å²) in [5.74, 6) is -1.67. The Morgan fingerprint density at radius 3 is 2.49 bits per heavy atom. The topological polar surface area (TPSA) is 143 Å². The molecule has 1 aromatic rings. The molecule has 1 saturated carbocycles. The molecule has 3 aliphatic rings.